The summed E-state index contributed by atoms with van der Waals surface area (Å²) < 4.78 is 3.72. The van der Waals surface area contributed by atoms with Gasteiger partial charge in [0.25, 0.3) is 0 Å². The lowest BCUT2D eigenvalue weighted by Crippen LogP contribution is -2.24. The number of nitrogens with zero attached hydrogens (tertiary/aromatic N) is 4. The lowest BCUT2D eigenvalue weighted by molar-refractivity contribution is 0.574. The monoisotopic (exact) mass is 332 g/mol. The van der Waals surface area contributed by atoms with Crippen molar-refractivity contribution in [3.8, 4) is 0 Å². The summed E-state index contributed by atoms with van der Waals surface area (Å²) in [7, 11) is 0. The maximum absolute atomic E-state index is 12.8. The van der Waals surface area contributed by atoms with E-state index in [1.54, 1.807) is 0 Å². The zero-order valence-corrected chi connectivity index (χ0v) is 14.3. The highest BCUT2D eigenvalue weighted by molar-refractivity contribution is 6.34. The van der Waals surface area contributed by atoms with Crippen LogP contribution in [0.4, 0.5) is 0 Å². The molecular formula is C17H21ClN4O. The minimum Gasteiger partial charge on any atom is -0.292 e. The van der Waals surface area contributed by atoms with Crippen LogP contribution in [0.3, 0.4) is 0 Å². The zero-order valence-electron chi connectivity index (χ0n) is 13.5. The molecule has 0 aliphatic rings. The summed E-state index contributed by atoms with van der Waals surface area (Å²) in [5, 5.41) is 1.22. The van der Waals surface area contributed by atoms with E-state index in [9.17, 15) is 4.79 Å². The Morgan fingerprint density at radius 3 is 2.22 bits per heavy atom. The number of halogens is 1. The highest BCUT2D eigenvalue weighted by Crippen LogP contribution is 2.25. The Morgan fingerprint density at radius 1 is 1.00 bits per heavy atom. The first-order chi connectivity index (χ1) is 11.2. The van der Waals surface area contributed by atoms with E-state index in [2.05, 4.69) is 23.8 Å². The van der Waals surface area contributed by atoms with Gasteiger partial charge < -0.3 is 0 Å². The van der Waals surface area contributed by atoms with E-state index < -0.39 is 0 Å². The lowest BCUT2D eigenvalue weighted by Gasteiger charge is -2.04. The molecule has 0 unspecified atom stereocenters. The molecule has 0 bridgehead atoms. The van der Waals surface area contributed by atoms with Crippen LogP contribution in [-0.2, 0) is 13.1 Å². The summed E-state index contributed by atoms with van der Waals surface area (Å²) in [5.74, 6) is 0. The van der Waals surface area contributed by atoms with Gasteiger partial charge in [0.1, 0.15) is 11.5 Å². The number of aryl methyl sites for hydroxylation is 2. The Morgan fingerprint density at radius 2 is 1.61 bits per heavy atom. The maximum atomic E-state index is 12.8. The normalized spacial score (nSPS) is 11.6. The van der Waals surface area contributed by atoms with Crippen LogP contribution in [0.15, 0.2) is 23.3 Å². The number of imidazole rings is 1. The number of hydrogen-bond donors (Lipinski definition) is 0. The zero-order chi connectivity index (χ0) is 16.4. The van der Waals surface area contributed by atoms with Crippen molar-refractivity contribution < 1.29 is 0 Å². The van der Waals surface area contributed by atoms with Crippen molar-refractivity contribution in [2.75, 3.05) is 0 Å². The average molecular weight is 333 g/mol. The number of benzene rings is 1. The molecule has 0 N–H and O–H groups in total. The predicted molar refractivity (Wildman–Crippen MR) is 94.1 cm³/mol. The molecule has 0 saturated carbocycles. The summed E-state index contributed by atoms with van der Waals surface area (Å²) in [4.78, 5) is 21.2. The van der Waals surface area contributed by atoms with E-state index in [1.165, 1.54) is 6.33 Å². The Kier molecular flexibility index (Phi) is 4.66. The summed E-state index contributed by atoms with van der Waals surface area (Å²) in [6.07, 6.45) is 5.51. The molecule has 3 aromatic rings. The second kappa shape index (κ2) is 6.71. The van der Waals surface area contributed by atoms with Crippen molar-refractivity contribution in [1.82, 2.24) is 19.1 Å². The Labute approximate surface area is 139 Å². The number of aromatic nitrogens is 4. The fourth-order valence-corrected chi connectivity index (χ4v) is 3.09. The van der Waals surface area contributed by atoms with E-state index in [0.29, 0.717) is 5.15 Å². The molecule has 0 aliphatic carbocycles. The van der Waals surface area contributed by atoms with Crippen LogP contribution in [0.5, 0.6) is 0 Å². The summed E-state index contributed by atoms with van der Waals surface area (Å²) >= 11 is 6.20. The Hall–Kier alpha value is -1.88. The van der Waals surface area contributed by atoms with Crippen molar-refractivity contribution in [2.45, 2.75) is 52.6 Å². The number of rotatable bonds is 6. The fourth-order valence-electron chi connectivity index (χ4n) is 2.90. The van der Waals surface area contributed by atoms with Gasteiger partial charge in [-0.3, -0.25) is 9.13 Å². The molecule has 0 fully saturated rings. The second-order valence-electron chi connectivity index (χ2n) is 5.82. The van der Waals surface area contributed by atoms with Gasteiger partial charge in [-0.25, -0.2) is 14.8 Å². The van der Waals surface area contributed by atoms with Crippen LogP contribution >= 0.6 is 11.6 Å². The molecule has 0 aliphatic heterocycles. The summed E-state index contributed by atoms with van der Waals surface area (Å²) in [6.45, 7) is 5.71. The molecule has 1 aromatic carbocycles. The fraction of sp³-hybridized carbons (Fsp3) is 0.471. The molecule has 2 heterocycles. The summed E-state index contributed by atoms with van der Waals surface area (Å²) in [5.41, 5.74) is 2.68. The molecule has 0 radical (unpaired) electrons. The van der Waals surface area contributed by atoms with Crippen LogP contribution in [-0.4, -0.2) is 19.1 Å². The van der Waals surface area contributed by atoms with Crippen molar-refractivity contribution in [1.29, 1.82) is 0 Å². The average Bonchev–Trinajstić information content (AvgIpc) is 2.80. The molecule has 0 spiro atoms. The van der Waals surface area contributed by atoms with Crippen molar-refractivity contribution >= 4 is 33.5 Å². The van der Waals surface area contributed by atoms with Gasteiger partial charge in [0, 0.05) is 18.5 Å². The van der Waals surface area contributed by atoms with Crippen LogP contribution in [0.25, 0.3) is 21.9 Å². The van der Waals surface area contributed by atoms with E-state index in [4.69, 9.17) is 11.6 Å². The van der Waals surface area contributed by atoms with Crippen molar-refractivity contribution in [3.63, 3.8) is 0 Å². The first kappa shape index (κ1) is 16.0. The molecule has 0 atom stereocenters. The van der Waals surface area contributed by atoms with Crippen LogP contribution in [0, 0.1) is 0 Å². The molecule has 0 amide bonds. The van der Waals surface area contributed by atoms with Gasteiger partial charge in [0.05, 0.1) is 16.6 Å². The molecule has 3 rings (SSSR count). The minimum atomic E-state index is 0.0567. The number of hydrogen-bond acceptors (Lipinski definition) is 3. The highest BCUT2D eigenvalue weighted by Gasteiger charge is 2.15. The van der Waals surface area contributed by atoms with Crippen molar-refractivity contribution in [2.24, 2.45) is 0 Å². The van der Waals surface area contributed by atoms with E-state index in [0.717, 1.165) is 60.7 Å². The standard InChI is InChI=1S/C17H21ClN4O/c1-3-5-7-21-14-9-12-13(19-11-20-16(12)18)10-15(14)22(17(21)23)8-6-4-2/h9-11H,3-8H2,1-2H3. The second-order valence-corrected chi connectivity index (χ2v) is 6.17. The third-order valence-corrected chi connectivity index (χ3v) is 4.50. The molecule has 5 nitrogen and oxygen atoms in total. The number of unbranched alkanes of at least 4 members (excludes halogenated alkanes) is 2. The molecule has 122 valence electrons. The van der Waals surface area contributed by atoms with E-state index in [-0.39, 0.29) is 5.69 Å². The first-order valence-electron chi connectivity index (χ1n) is 8.20. The van der Waals surface area contributed by atoms with Crippen LogP contribution in [0.2, 0.25) is 5.15 Å². The van der Waals surface area contributed by atoms with E-state index in [1.807, 2.05) is 21.3 Å². The van der Waals surface area contributed by atoms with Gasteiger partial charge in [-0.1, -0.05) is 38.3 Å². The Balaban J connectivity index is 2.29. The van der Waals surface area contributed by atoms with E-state index >= 15 is 0 Å². The van der Waals surface area contributed by atoms with Crippen molar-refractivity contribution in [3.05, 3.63) is 34.1 Å². The van der Waals surface area contributed by atoms with Gasteiger partial charge in [-0.2, -0.15) is 0 Å². The van der Waals surface area contributed by atoms with Gasteiger partial charge in [-0.05, 0) is 25.0 Å². The quantitative estimate of drug-likeness (QED) is 0.641. The largest absolute Gasteiger partial charge is 0.329 e. The molecule has 6 heteroatoms. The molecular weight excluding hydrogens is 312 g/mol. The highest BCUT2D eigenvalue weighted by atomic mass is 35.5. The third-order valence-electron chi connectivity index (χ3n) is 4.20. The Bertz CT molecular complexity index is 897. The smallest absolute Gasteiger partial charge is 0.292 e. The SMILES string of the molecule is CCCCn1c(=O)n(CCCC)c2cc3c(Cl)ncnc3cc21. The molecule has 0 saturated heterocycles. The third kappa shape index (κ3) is 2.85. The first-order valence-corrected chi connectivity index (χ1v) is 8.58. The maximum Gasteiger partial charge on any atom is 0.329 e. The van der Waals surface area contributed by atoms with Crippen LogP contribution < -0.4 is 5.69 Å². The predicted octanol–water partition coefficient (Wildman–Crippen LogP) is 4.00. The number of fused-ring (bicyclic) bond motifs is 2. The minimum absolute atomic E-state index is 0.0567. The lowest BCUT2D eigenvalue weighted by atomic mass is 10.2. The topological polar surface area (TPSA) is 52.7 Å². The van der Waals surface area contributed by atoms with Gasteiger partial charge >= 0.3 is 5.69 Å². The van der Waals surface area contributed by atoms with Gasteiger partial charge in [0.2, 0.25) is 0 Å². The molecule has 23 heavy (non-hydrogen) atoms. The van der Waals surface area contributed by atoms with Gasteiger partial charge in [0.15, 0.2) is 0 Å². The summed E-state index contributed by atoms with van der Waals surface area (Å²) in [6, 6.07) is 3.91. The molecule has 2 aromatic heterocycles. The van der Waals surface area contributed by atoms with Gasteiger partial charge in [-0.15, -0.1) is 0 Å². The van der Waals surface area contributed by atoms with Crippen LogP contribution in [0.1, 0.15) is 39.5 Å².